The van der Waals surface area contributed by atoms with Crippen LogP contribution in [0.15, 0.2) is 12.4 Å². The summed E-state index contributed by atoms with van der Waals surface area (Å²) in [4.78, 5) is 18.6. The third-order valence-corrected chi connectivity index (χ3v) is 5.35. The maximum atomic E-state index is 11.5. The van der Waals surface area contributed by atoms with Crippen molar-refractivity contribution in [1.29, 1.82) is 0 Å². The van der Waals surface area contributed by atoms with Gasteiger partial charge in [-0.25, -0.2) is 0 Å². The molecule has 1 amide bonds. The average molecular weight is 319 g/mol. The van der Waals surface area contributed by atoms with Crippen LogP contribution in [0.4, 0.5) is 0 Å². The monoisotopic (exact) mass is 319 g/mol. The van der Waals surface area contributed by atoms with Gasteiger partial charge in [-0.15, -0.1) is 0 Å². The minimum atomic E-state index is 0.210. The van der Waals surface area contributed by atoms with Gasteiger partial charge in [0.2, 0.25) is 5.91 Å². The Balaban J connectivity index is 1.48. The van der Waals surface area contributed by atoms with Crippen molar-refractivity contribution in [2.45, 2.75) is 26.3 Å². The second-order valence-corrected chi connectivity index (χ2v) is 7.12. The van der Waals surface area contributed by atoms with Crippen LogP contribution in [0.2, 0.25) is 0 Å². The van der Waals surface area contributed by atoms with E-state index in [0.29, 0.717) is 12.0 Å². The lowest BCUT2D eigenvalue weighted by Gasteiger charge is -2.39. The van der Waals surface area contributed by atoms with Crippen molar-refractivity contribution >= 4 is 5.91 Å². The number of aromatic nitrogens is 2. The van der Waals surface area contributed by atoms with Gasteiger partial charge in [0.15, 0.2) is 0 Å². The van der Waals surface area contributed by atoms with E-state index < -0.39 is 0 Å². The van der Waals surface area contributed by atoms with Crippen molar-refractivity contribution in [2.24, 2.45) is 13.0 Å². The van der Waals surface area contributed by atoms with Crippen LogP contribution < -0.4 is 0 Å². The molecule has 3 rings (SSSR count). The first kappa shape index (κ1) is 16.5. The summed E-state index contributed by atoms with van der Waals surface area (Å²) in [6.07, 6.45) is 5.15. The summed E-state index contributed by atoms with van der Waals surface area (Å²) in [7, 11) is 1.97. The molecule has 6 nitrogen and oxygen atoms in total. The SMILES string of the molecule is CC(=O)N1CCN([C@H]2CN(CCc3cnn(C)c3)C[C@H]2C)CC1. The molecule has 2 aliphatic rings. The van der Waals surface area contributed by atoms with Gasteiger partial charge in [-0.3, -0.25) is 14.4 Å². The van der Waals surface area contributed by atoms with E-state index in [1.807, 2.05) is 22.8 Å². The number of carbonyl (C=O) groups is 1. The Kier molecular flexibility index (Phi) is 5.02. The molecule has 3 heterocycles. The van der Waals surface area contributed by atoms with Crippen LogP contribution in [-0.2, 0) is 18.3 Å². The Morgan fingerprint density at radius 2 is 2.00 bits per heavy atom. The van der Waals surface area contributed by atoms with Gasteiger partial charge in [-0.05, 0) is 17.9 Å². The Labute approximate surface area is 139 Å². The number of carbonyl (C=O) groups excluding carboxylic acids is 1. The van der Waals surface area contributed by atoms with Gasteiger partial charge in [0.1, 0.15) is 0 Å². The van der Waals surface area contributed by atoms with E-state index in [-0.39, 0.29) is 5.91 Å². The molecule has 2 atom stereocenters. The number of hydrogen-bond acceptors (Lipinski definition) is 4. The quantitative estimate of drug-likeness (QED) is 0.808. The highest BCUT2D eigenvalue weighted by Gasteiger charge is 2.35. The lowest BCUT2D eigenvalue weighted by Crippen LogP contribution is -2.53. The molecule has 2 fully saturated rings. The predicted molar refractivity (Wildman–Crippen MR) is 90.1 cm³/mol. The number of likely N-dealkylation sites (tertiary alicyclic amines) is 1. The van der Waals surface area contributed by atoms with Crippen LogP contribution in [0.5, 0.6) is 0 Å². The van der Waals surface area contributed by atoms with Gasteiger partial charge >= 0.3 is 0 Å². The zero-order valence-electron chi connectivity index (χ0n) is 14.6. The van der Waals surface area contributed by atoms with Gasteiger partial charge in [-0.1, -0.05) is 6.92 Å². The number of piperazine rings is 1. The predicted octanol–water partition coefficient (Wildman–Crippen LogP) is 0.447. The maximum absolute atomic E-state index is 11.5. The minimum Gasteiger partial charge on any atom is -0.340 e. The van der Waals surface area contributed by atoms with E-state index in [2.05, 4.69) is 28.0 Å². The van der Waals surface area contributed by atoms with E-state index in [1.165, 1.54) is 12.1 Å². The summed E-state index contributed by atoms with van der Waals surface area (Å²) in [5.41, 5.74) is 1.32. The first-order valence-electron chi connectivity index (χ1n) is 8.72. The molecule has 0 saturated carbocycles. The first-order valence-corrected chi connectivity index (χ1v) is 8.72. The van der Waals surface area contributed by atoms with Crippen LogP contribution in [-0.4, -0.2) is 82.2 Å². The Morgan fingerprint density at radius 1 is 1.26 bits per heavy atom. The van der Waals surface area contributed by atoms with Crippen molar-refractivity contribution in [2.75, 3.05) is 45.8 Å². The molecule has 128 valence electrons. The largest absolute Gasteiger partial charge is 0.340 e. The number of hydrogen-bond donors (Lipinski definition) is 0. The van der Waals surface area contributed by atoms with Crippen molar-refractivity contribution < 1.29 is 4.79 Å². The second-order valence-electron chi connectivity index (χ2n) is 7.12. The highest BCUT2D eigenvalue weighted by atomic mass is 16.2. The molecule has 6 heteroatoms. The van der Waals surface area contributed by atoms with Gasteiger partial charge in [0, 0.05) is 72.0 Å². The molecule has 2 aliphatic heterocycles. The maximum Gasteiger partial charge on any atom is 0.219 e. The molecule has 1 aromatic heterocycles. The van der Waals surface area contributed by atoms with Gasteiger partial charge in [0.25, 0.3) is 0 Å². The normalized spacial score (nSPS) is 26.8. The first-order chi connectivity index (χ1) is 11.0. The van der Waals surface area contributed by atoms with Gasteiger partial charge in [0.05, 0.1) is 6.20 Å². The smallest absolute Gasteiger partial charge is 0.219 e. The fourth-order valence-corrected chi connectivity index (χ4v) is 3.96. The molecule has 0 radical (unpaired) electrons. The fourth-order valence-electron chi connectivity index (χ4n) is 3.96. The summed E-state index contributed by atoms with van der Waals surface area (Å²) in [6, 6.07) is 0.637. The van der Waals surface area contributed by atoms with Crippen LogP contribution in [0, 0.1) is 5.92 Å². The van der Waals surface area contributed by atoms with Crippen molar-refractivity contribution in [3.05, 3.63) is 18.0 Å². The number of amides is 1. The van der Waals surface area contributed by atoms with Gasteiger partial charge in [-0.2, -0.15) is 5.10 Å². The summed E-state index contributed by atoms with van der Waals surface area (Å²) < 4.78 is 1.87. The molecule has 1 aromatic rings. The van der Waals surface area contributed by atoms with Crippen LogP contribution in [0.3, 0.4) is 0 Å². The standard InChI is InChI=1S/C17H29N5O/c1-14-11-20(5-4-16-10-18-19(3)12-16)13-17(14)22-8-6-21(7-9-22)15(2)23/h10,12,14,17H,4-9,11,13H2,1-3H3/t14-,17+/m1/s1. The van der Waals surface area contributed by atoms with Crippen LogP contribution in [0.25, 0.3) is 0 Å². The van der Waals surface area contributed by atoms with E-state index in [1.54, 1.807) is 6.92 Å². The Bertz CT molecular complexity index is 535. The Morgan fingerprint density at radius 3 is 2.61 bits per heavy atom. The lowest BCUT2D eigenvalue weighted by atomic mass is 10.0. The topological polar surface area (TPSA) is 44.6 Å². The molecule has 0 N–H and O–H groups in total. The third kappa shape index (κ3) is 3.93. The molecule has 0 unspecified atom stereocenters. The van der Waals surface area contributed by atoms with Crippen LogP contribution in [0.1, 0.15) is 19.4 Å². The summed E-state index contributed by atoms with van der Waals surface area (Å²) in [5.74, 6) is 0.912. The van der Waals surface area contributed by atoms with E-state index in [4.69, 9.17) is 0 Å². The molecule has 0 bridgehead atoms. The number of aryl methyl sites for hydroxylation is 1. The van der Waals surface area contributed by atoms with Crippen molar-refractivity contribution in [3.63, 3.8) is 0 Å². The molecule has 0 spiro atoms. The summed E-state index contributed by atoms with van der Waals surface area (Å²) in [5, 5.41) is 4.24. The van der Waals surface area contributed by atoms with Crippen molar-refractivity contribution in [3.8, 4) is 0 Å². The fraction of sp³-hybridized carbons (Fsp3) is 0.765. The van der Waals surface area contributed by atoms with Crippen LogP contribution >= 0.6 is 0 Å². The van der Waals surface area contributed by atoms with Gasteiger partial charge < -0.3 is 9.80 Å². The molecule has 0 aliphatic carbocycles. The average Bonchev–Trinajstić information content (AvgIpc) is 3.11. The molecule has 2 saturated heterocycles. The van der Waals surface area contributed by atoms with E-state index in [9.17, 15) is 4.79 Å². The van der Waals surface area contributed by atoms with E-state index >= 15 is 0 Å². The minimum absolute atomic E-state index is 0.210. The zero-order chi connectivity index (χ0) is 16.4. The Hall–Kier alpha value is -1.40. The van der Waals surface area contributed by atoms with E-state index in [0.717, 1.165) is 45.7 Å². The summed E-state index contributed by atoms with van der Waals surface area (Å²) >= 11 is 0. The summed E-state index contributed by atoms with van der Waals surface area (Å²) in [6.45, 7) is 11.3. The zero-order valence-corrected chi connectivity index (χ0v) is 14.6. The third-order valence-electron chi connectivity index (χ3n) is 5.35. The second kappa shape index (κ2) is 7.01. The molecule has 0 aromatic carbocycles. The molecular weight excluding hydrogens is 290 g/mol. The number of rotatable bonds is 4. The molecule has 23 heavy (non-hydrogen) atoms. The number of nitrogens with zero attached hydrogens (tertiary/aromatic N) is 5. The lowest BCUT2D eigenvalue weighted by molar-refractivity contribution is -0.130. The highest BCUT2D eigenvalue weighted by Crippen LogP contribution is 2.23. The van der Waals surface area contributed by atoms with Crippen molar-refractivity contribution in [1.82, 2.24) is 24.5 Å². The highest BCUT2D eigenvalue weighted by molar-refractivity contribution is 5.73. The molecular formula is C17H29N5O.